The Morgan fingerprint density at radius 1 is 1.37 bits per heavy atom. The van der Waals surface area contributed by atoms with Gasteiger partial charge in [0.1, 0.15) is 5.82 Å². The molecule has 4 heteroatoms. The average molecular weight is 280 g/mol. The van der Waals surface area contributed by atoms with Crippen molar-refractivity contribution in [1.82, 2.24) is 14.5 Å². The number of para-hydroxylation sites is 1. The third-order valence-electron chi connectivity index (χ3n) is 3.37. The van der Waals surface area contributed by atoms with Crippen LogP contribution in [0.5, 0.6) is 0 Å². The van der Waals surface area contributed by atoms with Gasteiger partial charge in [0, 0.05) is 24.9 Å². The van der Waals surface area contributed by atoms with E-state index in [-0.39, 0.29) is 0 Å². The van der Waals surface area contributed by atoms with E-state index in [1.165, 1.54) is 11.1 Å². The van der Waals surface area contributed by atoms with Crippen LogP contribution in [0.2, 0.25) is 0 Å². The molecule has 0 aliphatic heterocycles. The second-order valence-corrected chi connectivity index (χ2v) is 5.77. The number of aryl methyl sites for hydroxylation is 2. The van der Waals surface area contributed by atoms with Crippen molar-refractivity contribution in [3.8, 4) is 0 Å². The summed E-state index contributed by atoms with van der Waals surface area (Å²) in [7, 11) is 4.20. The molecule has 1 heterocycles. The van der Waals surface area contributed by atoms with Gasteiger partial charge in [-0.15, -0.1) is 11.6 Å². The van der Waals surface area contributed by atoms with Gasteiger partial charge in [-0.1, -0.05) is 12.1 Å². The molecule has 0 aliphatic rings. The lowest BCUT2D eigenvalue weighted by Gasteiger charge is -2.21. The van der Waals surface area contributed by atoms with Gasteiger partial charge >= 0.3 is 0 Å². The Hall–Kier alpha value is -1.06. The number of imidazole rings is 1. The molecule has 19 heavy (non-hydrogen) atoms. The maximum atomic E-state index is 5.92. The van der Waals surface area contributed by atoms with E-state index in [4.69, 9.17) is 16.6 Å². The zero-order valence-electron chi connectivity index (χ0n) is 12.2. The van der Waals surface area contributed by atoms with Crippen LogP contribution in [0.15, 0.2) is 18.2 Å². The van der Waals surface area contributed by atoms with Gasteiger partial charge in [0.25, 0.3) is 0 Å². The number of alkyl halides is 1. The van der Waals surface area contributed by atoms with Crippen LogP contribution in [0.25, 0.3) is 11.0 Å². The second-order valence-electron chi connectivity index (χ2n) is 5.39. The number of likely N-dealkylation sites (N-methyl/N-ethyl adjacent to an activating group) is 1. The number of fused-ring (bicyclic) bond motifs is 1. The summed E-state index contributed by atoms with van der Waals surface area (Å²) in [6.07, 6.45) is 0.813. The molecule has 2 rings (SSSR count). The normalized spacial score (nSPS) is 13.4. The molecule has 1 unspecified atom stereocenters. The van der Waals surface area contributed by atoms with Gasteiger partial charge in [-0.05, 0) is 39.6 Å². The molecule has 0 N–H and O–H groups in total. The predicted octanol–water partition coefficient (Wildman–Crippen LogP) is 3.25. The number of rotatable bonds is 5. The number of aromatic nitrogens is 2. The number of nitrogens with zero attached hydrogens (tertiary/aromatic N) is 3. The molecule has 2 aromatic rings. The molecule has 0 bridgehead atoms. The molecule has 0 spiro atoms. The van der Waals surface area contributed by atoms with Crippen molar-refractivity contribution in [2.24, 2.45) is 0 Å². The van der Waals surface area contributed by atoms with E-state index in [1.807, 2.05) is 0 Å². The van der Waals surface area contributed by atoms with Gasteiger partial charge in [-0.3, -0.25) is 0 Å². The fraction of sp³-hybridized carbons (Fsp3) is 0.533. The number of halogens is 1. The minimum absolute atomic E-state index is 0.388. The molecule has 3 nitrogen and oxygen atoms in total. The van der Waals surface area contributed by atoms with Crippen molar-refractivity contribution in [3.63, 3.8) is 0 Å². The zero-order valence-corrected chi connectivity index (χ0v) is 12.9. The van der Waals surface area contributed by atoms with Crippen LogP contribution in [0.4, 0.5) is 0 Å². The molecular weight excluding hydrogens is 258 g/mol. The number of hydrogen-bond acceptors (Lipinski definition) is 2. The molecule has 0 amide bonds. The van der Waals surface area contributed by atoms with E-state index >= 15 is 0 Å². The van der Waals surface area contributed by atoms with Gasteiger partial charge < -0.3 is 9.47 Å². The van der Waals surface area contributed by atoms with Gasteiger partial charge in [-0.25, -0.2) is 4.98 Å². The molecule has 0 fully saturated rings. The average Bonchev–Trinajstić information content (AvgIpc) is 2.68. The molecule has 0 radical (unpaired) electrons. The van der Waals surface area contributed by atoms with Crippen LogP contribution >= 0.6 is 11.6 Å². The van der Waals surface area contributed by atoms with Crippen LogP contribution in [0.3, 0.4) is 0 Å². The molecule has 1 aromatic carbocycles. The van der Waals surface area contributed by atoms with Gasteiger partial charge in [-0.2, -0.15) is 0 Å². The highest BCUT2D eigenvalue weighted by atomic mass is 35.5. The Balaban J connectivity index is 2.56. The van der Waals surface area contributed by atoms with E-state index in [9.17, 15) is 0 Å². The van der Waals surface area contributed by atoms with Crippen LogP contribution in [-0.4, -0.2) is 41.0 Å². The Bertz CT molecular complexity index is 560. The maximum absolute atomic E-state index is 5.92. The lowest BCUT2D eigenvalue weighted by atomic mass is 10.2. The SMILES string of the molecule is Cc1cccc2nc(CCCl)n(C(C)CN(C)C)c12. The summed E-state index contributed by atoms with van der Waals surface area (Å²) < 4.78 is 2.35. The number of hydrogen-bond donors (Lipinski definition) is 0. The summed E-state index contributed by atoms with van der Waals surface area (Å²) in [5, 5.41) is 0. The van der Waals surface area contributed by atoms with E-state index in [1.54, 1.807) is 0 Å². The lowest BCUT2D eigenvalue weighted by molar-refractivity contribution is 0.337. The first-order valence-electron chi connectivity index (χ1n) is 6.71. The third-order valence-corrected chi connectivity index (χ3v) is 3.56. The molecule has 0 aliphatic carbocycles. The monoisotopic (exact) mass is 279 g/mol. The van der Waals surface area contributed by atoms with Crippen molar-refractivity contribution in [1.29, 1.82) is 0 Å². The minimum Gasteiger partial charge on any atom is -0.324 e. The Labute approximate surface area is 120 Å². The summed E-state index contributed by atoms with van der Waals surface area (Å²) in [5.41, 5.74) is 3.60. The first kappa shape index (κ1) is 14.4. The van der Waals surface area contributed by atoms with Gasteiger partial charge in [0.05, 0.1) is 11.0 Å². The van der Waals surface area contributed by atoms with Crippen LogP contribution in [0.1, 0.15) is 24.4 Å². The zero-order chi connectivity index (χ0) is 14.0. The minimum atomic E-state index is 0.388. The molecular formula is C15H22ClN3. The summed E-state index contributed by atoms with van der Waals surface area (Å²) in [6.45, 7) is 5.38. The van der Waals surface area contributed by atoms with Crippen molar-refractivity contribution in [3.05, 3.63) is 29.6 Å². The van der Waals surface area contributed by atoms with E-state index in [0.717, 1.165) is 24.3 Å². The highest BCUT2D eigenvalue weighted by Crippen LogP contribution is 2.25. The fourth-order valence-electron chi connectivity index (χ4n) is 2.71. The van der Waals surface area contributed by atoms with E-state index < -0.39 is 0 Å². The van der Waals surface area contributed by atoms with Crippen molar-refractivity contribution >= 4 is 22.6 Å². The quantitative estimate of drug-likeness (QED) is 0.784. The largest absolute Gasteiger partial charge is 0.324 e. The Morgan fingerprint density at radius 2 is 2.11 bits per heavy atom. The summed E-state index contributed by atoms with van der Waals surface area (Å²) in [5.74, 6) is 1.70. The summed E-state index contributed by atoms with van der Waals surface area (Å²) >= 11 is 5.92. The van der Waals surface area contributed by atoms with Gasteiger partial charge in [0.2, 0.25) is 0 Å². The van der Waals surface area contributed by atoms with E-state index in [2.05, 4.69) is 55.6 Å². The highest BCUT2D eigenvalue weighted by Gasteiger charge is 2.17. The van der Waals surface area contributed by atoms with E-state index in [0.29, 0.717) is 11.9 Å². The van der Waals surface area contributed by atoms with Crippen LogP contribution < -0.4 is 0 Å². The molecule has 104 valence electrons. The molecule has 0 saturated carbocycles. The second kappa shape index (κ2) is 5.93. The Kier molecular flexibility index (Phi) is 4.48. The lowest BCUT2D eigenvalue weighted by Crippen LogP contribution is -2.24. The predicted molar refractivity (Wildman–Crippen MR) is 82.2 cm³/mol. The maximum Gasteiger partial charge on any atom is 0.111 e. The third kappa shape index (κ3) is 2.93. The fourth-order valence-corrected chi connectivity index (χ4v) is 2.88. The first-order valence-corrected chi connectivity index (χ1v) is 7.25. The van der Waals surface area contributed by atoms with Crippen LogP contribution in [-0.2, 0) is 6.42 Å². The topological polar surface area (TPSA) is 21.1 Å². The number of benzene rings is 1. The van der Waals surface area contributed by atoms with Crippen LogP contribution in [0, 0.1) is 6.92 Å². The standard InChI is InChI=1S/C15H22ClN3/c1-11-6-5-7-13-15(11)19(12(2)10-18(3)4)14(17-13)8-9-16/h5-7,12H,8-10H2,1-4H3. The molecule has 1 atom stereocenters. The molecule has 1 aromatic heterocycles. The Morgan fingerprint density at radius 3 is 2.74 bits per heavy atom. The van der Waals surface area contributed by atoms with Crippen molar-refractivity contribution in [2.75, 3.05) is 26.5 Å². The summed E-state index contributed by atoms with van der Waals surface area (Å²) in [6, 6.07) is 6.68. The van der Waals surface area contributed by atoms with Crippen molar-refractivity contribution in [2.45, 2.75) is 26.3 Å². The smallest absolute Gasteiger partial charge is 0.111 e. The van der Waals surface area contributed by atoms with Crippen molar-refractivity contribution < 1.29 is 0 Å². The summed E-state index contributed by atoms with van der Waals surface area (Å²) in [4.78, 5) is 6.96. The first-order chi connectivity index (χ1) is 9.04. The van der Waals surface area contributed by atoms with Gasteiger partial charge in [0.15, 0.2) is 0 Å². The molecule has 0 saturated heterocycles. The highest BCUT2D eigenvalue weighted by molar-refractivity contribution is 6.17.